The Hall–Kier alpha value is -1.58. The Morgan fingerprint density at radius 2 is 1.79 bits per heavy atom. The number of hydrogen-bond donors (Lipinski definition) is 1. The third kappa shape index (κ3) is 3.94. The predicted molar refractivity (Wildman–Crippen MR) is 78.4 cm³/mol. The average molecular weight is 282 g/mol. The van der Waals surface area contributed by atoms with Crippen molar-refractivity contribution >= 4 is 12.4 Å². The van der Waals surface area contributed by atoms with E-state index >= 15 is 0 Å². The van der Waals surface area contributed by atoms with Gasteiger partial charge in [0.1, 0.15) is 18.2 Å². The van der Waals surface area contributed by atoms with Crippen molar-refractivity contribution in [3.63, 3.8) is 0 Å². The molecule has 4 heteroatoms. The summed E-state index contributed by atoms with van der Waals surface area (Å²) in [7, 11) is 0. The molecule has 2 aromatic carbocycles. The van der Waals surface area contributed by atoms with Gasteiger partial charge in [-0.15, -0.1) is 12.4 Å². The Morgan fingerprint density at radius 3 is 2.37 bits per heavy atom. The molecular weight excluding hydrogens is 265 g/mol. The summed E-state index contributed by atoms with van der Waals surface area (Å²) in [6, 6.07) is 12.3. The smallest absolute Gasteiger partial charge is 0.123 e. The first-order valence-electron chi connectivity index (χ1n) is 5.90. The fourth-order valence-electron chi connectivity index (χ4n) is 1.86. The minimum Gasteiger partial charge on any atom is -0.492 e. The second-order valence-corrected chi connectivity index (χ2v) is 4.12. The van der Waals surface area contributed by atoms with E-state index in [1.54, 1.807) is 12.1 Å². The summed E-state index contributed by atoms with van der Waals surface area (Å²) >= 11 is 0. The summed E-state index contributed by atoms with van der Waals surface area (Å²) in [6.45, 7) is 3.02. The van der Waals surface area contributed by atoms with Gasteiger partial charge in [-0.3, -0.25) is 0 Å². The normalized spacial score (nSPS) is 9.84. The lowest BCUT2D eigenvalue weighted by molar-refractivity contribution is 0.328. The van der Waals surface area contributed by atoms with Crippen molar-refractivity contribution in [3.8, 4) is 16.9 Å². The molecule has 0 saturated carbocycles. The van der Waals surface area contributed by atoms with E-state index in [0.717, 1.165) is 22.4 Å². The second-order valence-electron chi connectivity index (χ2n) is 4.12. The number of rotatable bonds is 4. The number of hydrogen-bond acceptors (Lipinski definition) is 2. The highest BCUT2D eigenvalue weighted by Gasteiger charge is 2.04. The molecular formula is C15H17ClFNO. The Labute approximate surface area is 118 Å². The maximum atomic E-state index is 12.9. The Kier molecular flexibility index (Phi) is 5.80. The highest BCUT2D eigenvalue weighted by atomic mass is 35.5. The van der Waals surface area contributed by atoms with Crippen LogP contribution in [0.2, 0.25) is 0 Å². The van der Waals surface area contributed by atoms with Crippen LogP contribution in [0.3, 0.4) is 0 Å². The van der Waals surface area contributed by atoms with Crippen LogP contribution in [0.15, 0.2) is 42.5 Å². The standard InChI is InChI=1S/C15H16FNO.ClH/c1-11-10-14(18-9-8-17)6-7-15(11)12-2-4-13(16)5-3-12;/h2-7,10H,8-9,17H2,1H3;1H. The molecule has 0 aromatic heterocycles. The largest absolute Gasteiger partial charge is 0.492 e. The maximum absolute atomic E-state index is 12.9. The quantitative estimate of drug-likeness (QED) is 0.930. The van der Waals surface area contributed by atoms with Crippen molar-refractivity contribution in [2.45, 2.75) is 6.92 Å². The van der Waals surface area contributed by atoms with E-state index in [0.29, 0.717) is 13.2 Å². The van der Waals surface area contributed by atoms with Crippen LogP contribution in [0.25, 0.3) is 11.1 Å². The Balaban J connectivity index is 0.00000180. The van der Waals surface area contributed by atoms with Crippen LogP contribution < -0.4 is 10.5 Å². The zero-order valence-corrected chi connectivity index (χ0v) is 11.5. The van der Waals surface area contributed by atoms with E-state index < -0.39 is 0 Å². The Morgan fingerprint density at radius 1 is 1.11 bits per heavy atom. The molecule has 102 valence electrons. The molecule has 2 nitrogen and oxygen atoms in total. The van der Waals surface area contributed by atoms with Gasteiger partial charge < -0.3 is 10.5 Å². The van der Waals surface area contributed by atoms with Crippen LogP contribution in [-0.2, 0) is 0 Å². The number of ether oxygens (including phenoxy) is 1. The third-order valence-corrected chi connectivity index (χ3v) is 2.74. The van der Waals surface area contributed by atoms with Gasteiger partial charge >= 0.3 is 0 Å². The molecule has 0 amide bonds. The topological polar surface area (TPSA) is 35.2 Å². The summed E-state index contributed by atoms with van der Waals surface area (Å²) in [5, 5.41) is 0. The van der Waals surface area contributed by atoms with Gasteiger partial charge in [0, 0.05) is 6.54 Å². The first-order valence-corrected chi connectivity index (χ1v) is 5.90. The monoisotopic (exact) mass is 281 g/mol. The van der Waals surface area contributed by atoms with Crippen molar-refractivity contribution in [2.75, 3.05) is 13.2 Å². The number of benzene rings is 2. The fourth-order valence-corrected chi connectivity index (χ4v) is 1.86. The molecule has 2 rings (SSSR count). The van der Waals surface area contributed by atoms with E-state index in [9.17, 15) is 4.39 Å². The van der Waals surface area contributed by atoms with Crippen LogP contribution >= 0.6 is 12.4 Å². The molecule has 0 radical (unpaired) electrons. The molecule has 0 fully saturated rings. The summed E-state index contributed by atoms with van der Waals surface area (Å²) in [4.78, 5) is 0. The number of halogens is 2. The van der Waals surface area contributed by atoms with Gasteiger partial charge in [-0.25, -0.2) is 4.39 Å². The van der Waals surface area contributed by atoms with Crippen molar-refractivity contribution < 1.29 is 9.13 Å². The molecule has 2 aromatic rings. The van der Waals surface area contributed by atoms with Gasteiger partial charge in [0.15, 0.2) is 0 Å². The van der Waals surface area contributed by atoms with Crippen molar-refractivity contribution in [2.24, 2.45) is 5.73 Å². The molecule has 0 aliphatic carbocycles. The van der Waals surface area contributed by atoms with Crippen LogP contribution in [0.1, 0.15) is 5.56 Å². The van der Waals surface area contributed by atoms with Crippen molar-refractivity contribution in [1.29, 1.82) is 0 Å². The minimum absolute atomic E-state index is 0. The molecule has 2 N–H and O–H groups in total. The van der Waals surface area contributed by atoms with Gasteiger partial charge in [-0.05, 0) is 47.9 Å². The van der Waals surface area contributed by atoms with Crippen molar-refractivity contribution in [1.82, 2.24) is 0 Å². The lowest BCUT2D eigenvalue weighted by Crippen LogP contribution is -2.10. The molecule has 0 unspecified atom stereocenters. The molecule has 0 bridgehead atoms. The first-order chi connectivity index (χ1) is 8.70. The van der Waals surface area contributed by atoms with Crippen LogP contribution in [0.4, 0.5) is 4.39 Å². The summed E-state index contributed by atoms with van der Waals surface area (Å²) in [5.74, 6) is 0.586. The van der Waals surface area contributed by atoms with E-state index in [-0.39, 0.29) is 18.2 Å². The highest BCUT2D eigenvalue weighted by Crippen LogP contribution is 2.26. The summed E-state index contributed by atoms with van der Waals surface area (Å²) in [5.41, 5.74) is 8.56. The zero-order valence-electron chi connectivity index (χ0n) is 10.7. The lowest BCUT2D eigenvalue weighted by Gasteiger charge is -2.10. The lowest BCUT2D eigenvalue weighted by atomic mass is 10.0. The van der Waals surface area contributed by atoms with Crippen LogP contribution in [-0.4, -0.2) is 13.2 Å². The number of nitrogens with two attached hydrogens (primary N) is 1. The van der Waals surface area contributed by atoms with Crippen LogP contribution in [0.5, 0.6) is 5.75 Å². The molecule has 0 spiro atoms. The van der Waals surface area contributed by atoms with E-state index in [1.165, 1.54) is 12.1 Å². The first kappa shape index (κ1) is 15.5. The van der Waals surface area contributed by atoms with Crippen LogP contribution in [0, 0.1) is 12.7 Å². The molecule has 0 saturated heterocycles. The summed E-state index contributed by atoms with van der Waals surface area (Å²) in [6.07, 6.45) is 0. The minimum atomic E-state index is -0.223. The molecule has 0 heterocycles. The fraction of sp³-hybridized carbons (Fsp3) is 0.200. The molecule has 0 atom stereocenters. The zero-order chi connectivity index (χ0) is 13.0. The Bertz CT molecular complexity index is 528. The van der Waals surface area contributed by atoms with Crippen molar-refractivity contribution in [3.05, 3.63) is 53.8 Å². The van der Waals surface area contributed by atoms with Gasteiger partial charge in [0.25, 0.3) is 0 Å². The van der Waals surface area contributed by atoms with E-state index in [1.807, 2.05) is 25.1 Å². The van der Waals surface area contributed by atoms with Gasteiger partial charge in [-0.1, -0.05) is 18.2 Å². The molecule has 0 aliphatic heterocycles. The highest BCUT2D eigenvalue weighted by molar-refractivity contribution is 5.85. The summed E-state index contributed by atoms with van der Waals surface area (Å²) < 4.78 is 18.3. The second kappa shape index (κ2) is 7.12. The predicted octanol–water partition coefficient (Wildman–Crippen LogP) is 3.56. The van der Waals surface area contributed by atoms with Gasteiger partial charge in [0.2, 0.25) is 0 Å². The van der Waals surface area contributed by atoms with E-state index in [4.69, 9.17) is 10.5 Å². The van der Waals surface area contributed by atoms with E-state index in [2.05, 4.69) is 0 Å². The van der Waals surface area contributed by atoms with Gasteiger partial charge in [-0.2, -0.15) is 0 Å². The maximum Gasteiger partial charge on any atom is 0.123 e. The molecule has 0 aliphatic rings. The third-order valence-electron chi connectivity index (χ3n) is 2.74. The van der Waals surface area contributed by atoms with Gasteiger partial charge in [0.05, 0.1) is 0 Å². The molecule has 19 heavy (non-hydrogen) atoms. The SMILES string of the molecule is Cc1cc(OCCN)ccc1-c1ccc(F)cc1.Cl. The average Bonchev–Trinajstić information content (AvgIpc) is 2.38. The number of aryl methyl sites for hydroxylation is 1.